The number of carbonyl (C=O) groups excluding carboxylic acids is 1. The van der Waals surface area contributed by atoms with E-state index in [1.807, 2.05) is 24.3 Å². The first-order chi connectivity index (χ1) is 13.5. The molecule has 0 saturated heterocycles. The van der Waals surface area contributed by atoms with Crippen molar-refractivity contribution in [2.45, 2.75) is 18.1 Å². The van der Waals surface area contributed by atoms with Gasteiger partial charge in [-0.1, -0.05) is 17.8 Å². The molecule has 28 heavy (non-hydrogen) atoms. The van der Waals surface area contributed by atoms with Gasteiger partial charge in [0.25, 0.3) is 0 Å². The predicted octanol–water partition coefficient (Wildman–Crippen LogP) is 3.52. The van der Waals surface area contributed by atoms with Gasteiger partial charge in [-0.15, -0.1) is 10.2 Å². The summed E-state index contributed by atoms with van der Waals surface area (Å²) in [5.41, 5.74) is 1.32. The predicted molar refractivity (Wildman–Crippen MR) is 102 cm³/mol. The number of carbonyl (C=O) groups is 1. The molecule has 0 radical (unpaired) electrons. The number of halogens is 2. The van der Waals surface area contributed by atoms with E-state index >= 15 is 0 Å². The number of nitrogens with zero attached hydrogens (tertiary/aromatic N) is 3. The first kappa shape index (κ1) is 19.8. The third-order valence-corrected chi connectivity index (χ3v) is 4.96. The topological polar surface area (TPSA) is 69.0 Å². The minimum Gasteiger partial charge on any atom is -0.497 e. The fourth-order valence-electron chi connectivity index (χ4n) is 2.52. The van der Waals surface area contributed by atoms with E-state index in [1.165, 1.54) is 17.8 Å². The normalized spacial score (nSPS) is 11.9. The van der Waals surface area contributed by atoms with E-state index in [0.29, 0.717) is 10.7 Å². The largest absolute Gasteiger partial charge is 0.497 e. The number of nitrogens with one attached hydrogen (secondary N) is 1. The Balaban J connectivity index is 1.60. The summed E-state index contributed by atoms with van der Waals surface area (Å²) in [6, 6.07) is 10.5. The van der Waals surface area contributed by atoms with Crippen LogP contribution in [0.25, 0.3) is 5.69 Å². The quantitative estimate of drug-likeness (QED) is 0.610. The molecule has 0 spiro atoms. The SMILES string of the molecule is COc1ccc(-n2cnnc2SCC(=O)NC(C)c2ccc(F)c(F)c2)cc1. The molecule has 3 aromatic rings. The summed E-state index contributed by atoms with van der Waals surface area (Å²) in [5.74, 6) is -1.29. The van der Waals surface area contributed by atoms with Crippen molar-refractivity contribution in [3.05, 3.63) is 66.0 Å². The second kappa shape index (κ2) is 8.83. The van der Waals surface area contributed by atoms with Crippen LogP contribution in [0.4, 0.5) is 8.78 Å². The summed E-state index contributed by atoms with van der Waals surface area (Å²) in [5, 5.41) is 11.2. The molecule has 1 unspecified atom stereocenters. The number of amides is 1. The number of thioether (sulfide) groups is 1. The van der Waals surface area contributed by atoms with Gasteiger partial charge in [-0.3, -0.25) is 9.36 Å². The first-order valence-corrected chi connectivity index (χ1v) is 9.38. The Kier molecular flexibility index (Phi) is 6.25. The van der Waals surface area contributed by atoms with Crippen LogP contribution in [-0.2, 0) is 4.79 Å². The molecule has 0 fully saturated rings. The highest BCUT2D eigenvalue weighted by Crippen LogP contribution is 2.22. The van der Waals surface area contributed by atoms with Gasteiger partial charge in [0.05, 0.1) is 18.9 Å². The molecule has 0 aliphatic rings. The molecule has 1 amide bonds. The van der Waals surface area contributed by atoms with Crippen molar-refractivity contribution in [2.24, 2.45) is 0 Å². The van der Waals surface area contributed by atoms with Crippen molar-refractivity contribution >= 4 is 17.7 Å². The van der Waals surface area contributed by atoms with Crippen molar-refractivity contribution in [3.63, 3.8) is 0 Å². The third-order valence-electron chi connectivity index (χ3n) is 4.02. The molecule has 0 bridgehead atoms. The number of hydrogen-bond donors (Lipinski definition) is 1. The lowest BCUT2D eigenvalue weighted by molar-refractivity contribution is -0.119. The van der Waals surface area contributed by atoms with Gasteiger partial charge in [0.1, 0.15) is 12.1 Å². The highest BCUT2D eigenvalue weighted by molar-refractivity contribution is 7.99. The number of aromatic nitrogens is 3. The number of ether oxygens (including phenoxy) is 1. The van der Waals surface area contributed by atoms with E-state index in [2.05, 4.69) is 15.5 Å². The number of rotatable bonds is 7. The zero-order valence-electron chi connectivity index (χ0n) is 15.2. The molecule has 0 aliphatic heterocycles. The van der Waals surface area contributed by atoms with Crippen LogP contribution in [0.1, 0.15) is 18.5 Å². The standard InChI is InChI=1S/C19H18F2N4O2S/c1-12(13-3-8-16(20)17(21)9-13)23-18(26)10-28-19-24-22-11-25(19)14-4-6-15(27-2)7-5-14/h3-9,11-12H,10H2,1-2H3,(H,23,26). The van der Waals surface area contributed by atoms with Crippen molar-refractivity contribution in [3.8, 4) is 11.4 Å². The Morgan fingerprint density at radius 2 is 1.96 bits per heavy atom. The molecule has 1 atom stereocenters. The summed E-state index contributed by atoms with van der Waals surface area (Å²) in [6.07, 6.45) is 1.56. The Labute approximate surface area is 164 Å². The maximum absolute atomic E-state index is 13.3. The molecular weight excluding hydrogens is 386 g/mol. The van der Waals surface area contributed by atoms with E-state index in [4.69, 9.17) is 4.74 Å². The van der Waals surface area contributed by atoms with E-state index in [0.717, 1.165) is 23.6 Å². The van der Waals surface area contributed by atoms with E-state index in [1.54, 1.807) is 24.9 Å². The van der Waals surface area contributed by atoms with Crippen molar-refractivity contribution < 1.29 is 18.3 Å². The summed E-state index contributed by atoms with van der Waals surface area (Å²) in [6.45, 7) is 1.70. The molecular formula is C19H18F2N4O2S. The Bertz CT molecular complexity index is 963. The lowest BCUT2D eigenvalue weighted by Gasteiger charge is -2.14. The Morgan fingerprint density at radius 3 is 2.64 bits per heavy atom. The number of methoxy groups -OCH3 is 1. The summed E-state index contributed by atoms with van der Waals surface area (Å²) in [7, 11) is 1.59. The van der Waals surface area contributed by atoms with Gasteiger partial charge in [-0.05, 0) is 48.9 Å². The average molecular weight is 404 g/mol. The maximum Gasteiger partial charge on any atom is 0.230 e. The van der Waals surface area contributed by atoms with Gasteiger partial charge < -0.3 is 10.1 Å². The highest BCUT2D eigenvalue weighted by Gasteiger charge is 2.14. The molecule has 1 N–H and O–H groups in total. The van der Waals surface area contributed by atoms with Gasteiger partial charge in [0, 0.05) is 5.69 Å². The lowest BCUT2D eigenvalue weighted by Crippen LogP contribution is -2.28. The highest BCUT2D eigenvalue weighted by atomic mass is 32.2. The van der Waals surface area contributed by atoms with E-state index < -0.39 is 17.7 Å². The van der Waals surface area contributed by atoms with Crippen LogP contribution < -0.4 is 10.1 Å². The van der Waals surface area contributed by atoms with E-state index in [9.17, 15) is 13.6 Å². The van der Waals surface area contributed by atoms with Crippen LogP contribution in [0.5, 0.6) is 5.75 Å². The van der Waals surface area contributed by atoms with Crippen LogP contribution in [0.2, 0.25) is 0 Å². The van der Waals surface area contributed by atoms with Gasteiger partial charge in [-0.2, -0.15) is 0 Å². The molecule has 6 nitrogen and oxygen atoms in total. The molecule has 1 heterocycles. The van der Waals surface area contributed by atoms with Crippen molar-refractivity contribution in [1.82, 2.24) is 20.1 Å². The molecule has 1 aromatic heterocycles. The minimum atomic E-state index is -0.944. The average Bonchev–Trinajstić information content (AvgIpc) is 3.17. The second-order valence-corrected chi connectivity index (χ2v) is 6.88. The third kappa shape index (κ3) is 4.66. The zero-order valence-corrected chi connectivity index (χ0v) is 16.0. The smallest absolute Gasteiger partial charge is 0.230 e. The summed E-state index contributed by atoms with van der Waals surface area (Å²) >= 11 is 1.22. The van der Waals surface area contributed by atoms with Gasteiger partial charge in [0.2, 0.25) is 5.91 Å². The monoisotopic (exact) mass is 404 g/mol. The summed E-state index contributed by atoms with van der Waals surface area (Å²) < 4.78 is 33.3. The van der Waals surface area contributed by atoms with Crippen LogP contribution in [0.15, 0.2) is 53.9 Å². The van der Waals surface area contributed by atoms with Crippen LogP contribution in [0.3, 0.4) is 0 Å². The number of benzene rings is 2. The second-order valence-electron chi connectivity index (χ2n) is 5.93. The first-order valence-electron chi connectivity index (χ1n) is 8.39. The van der Waals surface area contributed by atoms with Gasteiger partial charge in [-0.25, -0.2) is 8.78 Å². The van der Waals surface area contributed by atoms with Gasteiger partial charge >= 0.3 is 0 Å². The van der Waals surface area contributed by atoms with Crippen LogP contribution >= 0.6 is 11.8 Å². The van der Waals surface area contributed by atoms with Crippen LogP contribution in [-0.4, -0.2) is 33.5 Å². The number of hydrogen-bond acceptors (Lipinski definition) is 5. The van der Waals surface area contributed by atoms with Gasteiger partial charge in [0.15, 0.2) is 16.8 Å². The Hall–Kier alpha value is -2.94. The van der Waals surface area contributed by atoms with Crippen molar-refractivity contribution in [2.75, 3.05) is 12.9 Å². The Morgan fingerprint density at radius 1 is 1.21 bits per heavy atom. The molecule has 3 rings (SSSR count). The zero-order chi connectivity index (χ0) is 20.1. The van der Waals surface area contributed by atoms with Crippen LogP contribution in [0, 0.1) is 11.6 Å². The molecule has 146 valence electrons. The molecule has 9 heteroatoms. The fraction of sp³-hybridized carbons (Fsp3) is 0.211. The summed E-state index contributed by atoms with van der Waals surface area (Å²) in [4.78, 5) is 12.2. The lowest BCUT2D eigenvalue weighted by atomic mass is 10.1. The molecule has 0 saturated carbocycles. The van der Waals surface area contributed by atoms with E-state index in [-0.39, 0.29) is 11.7 Å². The molecule has 2 aromatic carbocycles. The van der Waals surface area contributed by atoms with Crippen molar-refractivity contribution in [1.29, 1.82) is 0 Å². The minimum absolute atomic E-state index is 0.100. The fourth-order valence-corrected chi connectivity index (χ4v) is 3.26. The molecule has 0 aliphatic carbocycles. The maximum atomic E-state index is 13.3.